The van der Waals surface area contributed by atoms with E-state index in [9.17, 15) is 0 Å². The molecule has 1 saturated heterocycles. The second-order valence-corrected chi connectivity index (χ2v) is 6.76. The van der Waals surface area contributed by atoms with Gasteiger partial charge in [0, 0.05) is 31.7 Å². The van der Waals surface area contributed by atoms with Gasteiger partial charge in [0.15, 0.2) is 0 Å². The average Bonchev–Trinajstić information content (AvgIpc) is 2.23. The quantitative estimate of drug-likeness (QED) is 0.810. The molecule has 1 N–H and O–H groups in total. The van der Waals surface area contributed by atoms with Crippen LogP contribution in [-0.2, 0) is 0 Å². The lowest BCUT2D eigenvalue weighted by Crippen LogP contribution is -2.60. The summed E-state index contributed by atoms with van der Waals surface area (Å²) in [6.45, 7) is 13.2. The highest BCUT2D eigenvalue weighted by molar-refractivity contribution is 4.94. The average molecular weight is 238 g/mol. The Morgan fingerprint density at radius 1 is 1.35 bits per heavy atom. The Balaban J connectivity index is 1.99. The van der Waals surface area contributed by atoms with E-state index in [-0.39, 0.29) is 0 Å². The Kier molecular flexibility index (Phi) is 4.14. The van der Waals surface area contributed by atoms with Crippen LogP contribution in [0.4, 0.5) is 0 Å². The van der Waals surface area contributed by atoms with Crippen molar-refractivity contribution >= 4 is 0 Å². The minimum Gasteiger partial charge on any atom is -0.311 e. The van der Waals surface area contributed by atoms with E-state index in [4.69, 9.17) is 0 Å². The van der Waals surface area contributed by atoms with Gasteiger partial charge in [-0.1, -0.05) is 27.2 Å². The first-order valence-corrected chi connectivity index (χ1v) is 7.54. The van der Waals surface area contributed by atoms with Crippen LogP contribution >= 0.6 is 0 Å². The zero-order valence-electron chi connectivity index (χ0n) is 12.1. The van der Waals surface area contributed by atoms with E-state index >= 15 is 0 Å². The van der Waals surface area contributed by atoms with Crippen molar-refractivity contribution in [2.24, 2.45) is 11.3 Å². The minimum absolute atomic E-state index is 0.666. The zero-order valence-corrected chi connectivity index (χ0v) is 12.1. The molecule has 1 aliphatic heterocycles. The van der Waals surface area contributed by atoms with Crippen LogP contribution in [0.25, 0.3) is 0 Å². The summed E-state index contributed by atoms with van der Waals surface area (Å²) in [6, 6.07) is 1.41. The van der Waals surface area contributed by atoms with Crippen molar-refractivity contribution in [1.29, 1.82) is 0 Å². The van der Waals surface area contributed by atoms with E-state index in [2.05, 4.69) is 37.9 Å². The molecule has 0 amide bonds. The molecule has 2 unspecified atom stereocenters. The summed E-state index contributed by atoms with van der Waals surface area (Å²) >= 11 is 0. The third kappa shape index (κ3) is 2.85. The summed E-state index contributed by atoms with van der Waals surface area (Å²) in [7, 11) is 0. The Morgan fingerprint density at radius 3 is 2.53 bits per heavy atom. The van der Waals surface area contributed by atoms with Gasteiger partial charge in [-0.2, -0.15) is 0 Å². The highest BCUT2D eigenvalue weighted by Gasteiger charge is 2.39. The number of hydrogen-bond donors (Lipinski definition) is 1. The molecule has 0 bridgehead atoms. The maximum Gasteiger partial charge on any atom is 0.0244 e. The van der Waals surface area contributed by atoms with Crippen molar-refractivity contribution in [3.63, 3.8) is 0 Å². The lowest BCUT2D eigenvalue weighted by atomic mass is 9.66. The second kappa shape index (κ2) is 5.27. The number of nitrogens with zero attached hydrogens (tertiary/aromatic N) is 1. The molecule has 0 aromatic carbocycles. The Morgan fingerprint density at radius 2 is 2.06 bits per heavy atom. The lowest BCUT2D eigenvalue weighted by Gasteiger charge is -2.50. The molecule has 0 spiro atoms. The molecular formula is C15H30N2. The molecule has 0 radical (unpaired) electrons. The first kappa shape index (κ1) is 13.4. The monoisotopic (exact) mass is 238 g/mol. The van der Waals surface area contributed by atoms with Crippen LogP contribution in [0.1, 0.15) is 53.4 Å². The number of piperazine rings is 1. The van der Waals surface area contributed by atoms with Crippen LogP contribution in [0.15, 0.2) is 0 Å². The standard InChI is InChI=1S/C15H30N2/c1-5-15(7-6-8-15)11-17-10-13(4)16-9-14(17)12(2)3/h12-14,16H,5-11H2,1-4H3. The van der Waals surface area contributed by atoms with Crippen molar-refractivity contribution in [3.8, 4) is 0 Å². The van der Waals surface area contributed by atoms with Crippen LogP contribution in [0, 0.1) is 11.3 Å². The van der Waals surface area contributed by atoms with Gasteiger partial charge in [-0.05, 0) is 37.5 Å². The minimum atomic E-state index is 0.666. The highest BCUT2D eigenvalue weighted by Crippen LogP contribution is 2.45. The van der Waals surface area contributed by atoms with Crippen LogP contribution in [0.2, 0.25) is 0 Å². The highest BCUT2D eigenvalue weighted by atomic mass is 15.2. The zero-order chi connectivity index (χ0) is 12.5. The van der Waals surface area contributed by atoms with Crippen molar-refractivity contribution in [1.82, 2.24) is 10.2 Å². The molecule has 2 aliphatic rings. The number of nitrogens with one attached hydrogen (secondary N) is 1. The first-order valence-electron chi connectivity index (χ1n) is 7.54. The van der Waals surface area contributed by atoms with Gasteiger partial charge in [0.2, 0.25) is 0 Å². The molecule has 1 heterocycles. The molecule has 1 aliphatic carbocycles. The SMILES string of the molecule is CCC1(CN2CC(C)NCC2C(C)C)CCC1. The molecule has 2 fully saturated rings. The molecule has 0 aromatic heterocycles. The molecule has 0 aromatic rings. The third-order valence-electron chi connectivity index (χ3n) is 5.13. The van der Waals surface area contributed by atoms with Gasteiger partial charge in [-0.15, -0.1) is 0 Å². The molecule has 100 valence electrons. The van der Waals surface area contributed by atoms with Crippen molar-refractivity contribution in [3.05, 3.63) is 0 Å². The molecule has 17 heavy (non-hydrogen) atoms. The summed E-state index contributed by atoms with van der Waals surface area (Å²) in [5.74, 6) is 0.768. The maximum atomic E-state index is 3.64. The van der Waals surface area contributed by atoms with E-state index in [0.717, 1.165) is 12.0 Å². The van der Waals surface area contributed by atoms with Crippen molar-refractivity contribution in [2.45, 2.75) is 65.5 Å². The fraction of sp³-hybridized carbons (Fsp3) is 1.00. The molecular weight excluding hydrogens is 208 g/mol. The van der Waals surface area contributed by atoms with Crippen molar-refractivity contribution in [2.75, 3.05) is 19.6 Å². The lowest BCUT2D eigenvalue weighted by molar-refractivity contribution is 0.00993. The predicted octanol–water partition coefficient (Wildman–Crippen LogP) is 2.89. The van der Waals surface area contributed by atoms with Gasteiger partial charge in [-0.3, -0.25) is 4.90 Å². The number of rotatable bonds is 4. The summed E-state index contributed by atoms with van der Waals surface area (Å²) in [6.07, 6.45) is 5.76. The van der Waals surface area contributed by atoms with Gasteiger partial charge in [0.1, 0.15) is 0 Å². The van der Waals surface area contributed by atoms with E-state index in [1.807, 2.05) is 0 Å². The fourth-order valence-corrected chi connectivity index (χ4v) is 3.57. The van der Waals surface area contributed by atoms with Gasteiger partial charge in [0.05, 0.1) is 0 Å². The van der Waals surface area contributed by atoms with E-state index in [1.54, 1.807) is 0 Å². The van der Waals surface area contributed by atoms with Crippen LogP contribution < -0.4 is 5.32 Å². The molecule has 1 saturated carbocycles. The van der Waals surface area contributed by atoms with E-state index < -0.39 is 0 Å². The van der Waals surface area contributed by atoms with Crippen LogP contribution in [-0.4, -0.2) is 36.6 Å². The summed E-state index contributed by atoms with van der Waals surface area (Å²) in [5.41, 5.74) is 0.671. The normalized spacial score (nSPS) is 33.7. The third-order valence-corrected chi connectivity index (χ3v) is 5.13. The predicted molar refractivity (Wildman–Crippen MR) is 74.2 cm³/mol. The largest absolute Gasteiger partial charge is 0.311 e. The van der Waals surface area contributed by atoms with Gasteiger partial charge >= 0.3 is 0 Å². The molecule has 2 rings (SSSR count). The van der Waals surface area contributed by atoms with E-state index in [1.165, 1.54) is 45.3 Å². The molecule has 2 atom stereocenters. The van der Waals surface area contributed by atoms with E-state index in [0.29, 0.717) is 11.5 Å². The Bertz CT molecular complexity index is 240. The number of hydrogen-bond acceptors (Lipinski definition) is 2. The summed E-state index contributed by atoms with van der Waals surface area (Å²) in [5, 5.41) is 3.64. The maximum absolute atomic E-state index is 3.64. The second-order valence-electron chi connectivity index (χ2n) is 6.76. The van der Waals surface area contributed by atoms with Gasteiger partial charge < -0.3 is 5.32 Å². The Labute approximate surface area is 107 Å². The molecule has 2 heteroatoms. The Hall–Kier alpha value is -0.0800. The van der Waals surface area contributed by atoms with Crippen molar-refractivity contribution < 1.29 is 0 Å². The molecule has 2 nitrogen and oxygen atoms in total. The summed E-state index contributed by atoms with van der Waals surface area (Å²) < 4.78 is 0. The van der Waals surface area contributed by atoms with Gasteiger partial charge in [0.25, 0.3) is 0 Å². The summed E-state index contributed by atoms with van der Waals surface area (Å²) in [4.78, 5) is 2.79. The first-order chi connectivity index (χ1) is 8.06. The fourth-order valence-electron chi connectivity index (χ4n) is 3.57. The smallest absolute Gasteiger partial charge is 0.0244 e. The van der Waals surface area contributed by atoms with Crippen LogP contribution in [0.5, 0.6) is 0 Å². The van der Waals surface area contributed by atoms with Crippen LogP contribution in [0.3, 0.4) is 0 Å². The van der Waals surface area contributed by atoms with Gasteiger partial charge in [-0.25, -0.2) is 0 Å². The topological polar surface area (TPSA) is 15.3 Å².